The lowest BCUT2D eigenvalue weighted by atomic mass is 9.78. The Kier molecular flexibility index (Phi) is 7.25. The van der Waals surface area contributed by atoms with Crippen LogP contribution in [0, 0.1) is 5.82 Å². The van der Waals surface area contributed by atoms with E-state index < -0.39 is 5.60 Å². The van der Waals surface area contributed by atoms with E-state index in [1.165, 1.54) is 12.1 Å². The largest absolute Gasteiger partial charge is 0.466 e. The summed E-state index contributed by atoms with van der Waals surface area (Å²) in [5.74, 6) is -0.735. The molecule has 2 atom stereocenters. The molecule has 0 aromatic heterocycles. The molecule has 0 radical (unpaired) electrons. The van der Waals surface area contributed by atoms with Crippen LogP contribution in [0.2, 0.25) is 0 Å². The maximum atomic E-state index is 13.1. The van der Waals surface area contributed by atoms with E-state index in [-0.39, 0.29) is 17.7 Å². The van der Waals surface area contributed by atoms with Crippen LogP contribution in [0.1, 0.15) is 51.0 Å². The third kappa shape index (κ3) is 5.60. The summed E-state index contributed by atoms with van der Waals surface area (Å²) < 4.78 is 18.0. The third-order valence-corrected chi connectivity index (χ3v) is 3.76. The summed E-state index contributed by atoms with van der Waals surface area (Å²) in [7, 11) is 0. The Balaban J connectivity index is 2.81. The van der Waals surface area contributed by atoms with Gasteiger partial charge < -0.3 is 9.84 Å². The molecule has 22 heavy (non-hydrogen) atoms. The van der Waals surface area contributed by atoms with Crippen molar-refractivity contribution in [2.24, 2.45) is 0 Å². The Morgan fingerprint density at radius 1 is 1.45 bits per heavy atom. The first-order valence-electron chi connectivity index (χ1n) is 7.65. The van der Waals surface area contributed by atoms with Crippen LogP contribution in [0.25, 0.3) is 0 Å². The number of ether oxygens (including phenoxy) is 1. The Hall–Kier alpha value is -1.68. The molecule has 0 aliphatic carbocycles. The predicted octanol–water partition coefficient (Wildman–Crippen LogP) is 3.97. The van der Waals surface area contributed by atoms with Gasteiger partial charge in [0.25, 0.3) is 0 Å². The second-order valence-electron chi connectivity index (χ2n) is 5.65. The topological polar surface area (TPSA) is 46.5 Å². The smallest absolute Gasteiger partial charge is 0.305 e. The van der Waals surface area contributed by atoms with E-state index >= 15 is 0 Å². The molecule has 0 unspecified atom stereocenters. The molecule has 1 aromatic rings. The summed E-state index contributed by atoms with van der Waals surface area (Å²) in [5.41, 5.74) is -0.133. The highest BCUT2D eigenvalue weighted by Gasteiger charge is 2.31. The van der Waals surface area contributed by atoms with Crippen molar-refractivity contribution in [1.82, 2.24) is 0 Å². The minimum Gasteiger partial charge on any atom is -0.466 e. The van der Waals surface area contributed by atoms with Gasteiger partial charge in [-0.25, -0.2) is 4.39 Å². The fraction of sp³-hybridized carbons (Fsp3) is 0.500. The molecule has 1 N–H and O–H groups in total. The van der Waals surface area contributed by atoms with Crippen molar-refractivity contribution in [3.63, 3.8) is 0 Å². The zero-order valence-corrected chi connectivity index (χ0v) is 13.3. The molecule has 0 fully saturated rings. The molecule has 122 valence electrons. The van der Waals surface area contributed by atoms with Gasteiger partial charge in [0.15, 0.2) is 0 Å². The maximum Gasteiger partial charge on any atom is 0.305 e. The van der Waals surface area contributed by atoms with Crippen molar-refractivity contribution < 1.29 is 19.0 Å². The molecular formula is C18H25FO3. The van der Waals surface area contributed by atoms with Crippen molar-refractivity contribution in [3.8, 4) is 0 Å². The zero-order valence-electron chi connectivity index (χ0n) is 13.3. The van der Waals surface area contributed by atoms with E-state index in [9.17, 15) is 14.3 Å². The standard InChI is InChI=1S/C18H25FO3/c1-4-13-18(3,21)16(7-6-8-17(20)22-5-2)14-9-11-15(19)12-10-14/h4,9-12,16,21H,1,5-8,13H2,2-3H3/t16-,18-/m0/s1. The number of carbonyl (C=O) groups excluding carboxylic acids is 1. The van der Waals surface area contributed by atoms with Gasteiger partial charge in [-0.15, -0.1) is 6.58 Å². The van der Waals surface area contributed by atoms with Crippen molar-refractivity contribution in [2.45, 2.75) is 51.0 Å². The summed E-state index contributed by atoms with van der Waals surface area (Å²) in [4.78, 5) is 11.4. The highest BCUT2D eigenvalue weighted by molar-refractivity contribution is 5.69. The van der Waals surface area contributed by atoms with Crippen molar-refractivity contribution in [2.75, 3.05) is 6.61 Å². The number of rotatable bonds is 9. The van der Waals surface area contributed by atoms with E-state index in [1.807, 2.05) is 0 Å². The molecule has 0 saturated carbocycles. The summed E-state index contributed by atoms with van der Waals surface area (Å²) in [6.07, 6.45) is 3.63. The van der Waals surface area contributed by atoms with E-state index in [0.29, 0.717) is 32.3 Å². The van der Waals surface area contributed by atoms with Gasteiger partial charge in [-0.2, -0.15) is 0 Å². The molecule has 1 rings (SSSR count). The second-order valence-corrected chi connectivity index (χ2v) is 5.65. The number of aliphatic hydroxyl groups is 1. The Morgan fingerprint density at radius 2 is 2.09 bits per heavy atom. The van der Waals surface area contributed by atoms with Gasteiger partial charge in [0.2, 0.25) is 0 Å². The highest BCUT2D eigenvalue weighted by atomic mass is 19.1. The lowest BCUT2D eigenvalue weighted by Gasteiger charge is -2.33. The molecule has 1 aromatic carbocycles. The highest BCUT2D eigenvalue weighted by Crippen LogP contribution is 2.35. The fourth-order valence-electron chi connectivity index (χ4n) is 2.65. The van der Waals surface area contributed by atoms with Crippen LogP contribution in [0.15, 0.2) is 36.9 Å². The van der Waals surface area contributed by atoms with Gasteiger partial charge in [-0.05, 0) is 50.8 Å². The first-order chi connectivity index (χ1) is 10.4. The number of esters is 1. The summed E-state index contributed by atoms with van der Waals surface area (Å²) in [6, 6.07) is 6.14. The molecule has 0 spiro atoms. The van der Waals surface area contributed by atoms with E-state index in [0.717, 1.165) is 5.56 Å². The molecular weight excluding hydrogens is 283 g/mol. The first-order valence-corrected chi connectivity index (χ1v) is 7.65. The molecule has 0 saturated heterocycles. The van der Waals surface area contributed by atoms with Crippen LogP contribution >= 0.6 is 0 Å². The summed E-state index contributed by atoms with van der Waals surface area (Å²) in [5, 5.41) is 10.7. The van der Waals surface area contributed by atoms with Gasteiger partial charge in [0, 0.05) is 12.3 Å². The number of halogens is 1. The Bertz CT molecular complexity index is 480. The quantitative estimate of drug-likeness (QED) is 0.554. The lowest BCUT2D eigenvalue weighted by Crippen LogP contribution is -2.32. The Morgan fingerprint density at radius 3 is 2.64 bits per heavy atom. The van der Waals surface area contributed by atoms with Crippen LogP contribution in [0.4, 0.5) is 4.39 Å². The van der Waals surface area contributed by atoms with Crippen LogP contribution < -0.4 is 0 Å². The van der Waals surface area contributed by atoms with Gasteiger partial charge >= 0.3 is 5.97 Å². The lowest BCUT2D eigenvalue weighted by molar-refractivity contribution is -0.143. The molecule has 4 heteroatoms. The number of benzene rings is 1. The van der Waals surface area contributed by atoms with Crippen molar-refractivity contribution in [1.29, 1.82) is 0 Å². The summed E-state index contributed by atoms with van der Waals surface area (Å²) >= 11 is 0. The van der Waals surface area contributed by atoms with Crippen LogP contribution in [-0.4, -0.2) is 23.3 Å². The maximum absolute atomic E-state index is 13.1. The molecule has 0 amide bonds. The van der Waals surface area contributed by atoms with Crippen LogP contribution in [0.5, 0.6) is 0 Å². The SMILES string of the molecule is C=CC[C@](C)(O)[C@@H](CCCC(=O)OCC)c1ccc(F)cc1. The number of carbonyl (C=O) groups is 1. The second kappa shape index (κ2) is 8.69. The van der Waals surface area contributed by atoms with Gasteiger partial charge in [0.05, 0.1) is 12.2 Å². The molecule has 0 bridgehead atoms. The minimum atomic E-state index is -0.992. The average molecular weight is 308 g/mol. The number of hydrogen-bond acceptors (Lipinski definition) is 3. The van der Waals surface area contributed by atoms with Gasteiger partial charge in [-0.1, -0.05) is 18.2 Å². The van der Waals surface area contributed by atoms with Gasteiger partial charge in [0.1, 0.15) is 5.82 Å². The predicted molar refractivity (Wildman–Crippen MR) is 85.1 cm³/mol. The van der Waals surface area contributed by atoms with E-state index in [1.54, 1.807) is 32.1 Å². The minimum absolute atomic E-state index is 0.194. The van der Waals surface area contributed by atoms with Crippen molar-refractivity contribution >= 4 is 5.97 Å². The zero-order chi connectivity index (χ0) is 16.6. The molecule has 0 aliphatic heterocycles. The number of hydrogen-bond donors (Lipinski definition) is 1. The monoisotopic (exact) mass is 308 g/mol. The molecule has 0 heterocycles. The molecule has 0 aliphatic rings. The molecule has 3 nitrogen and oxygen atoms in total. The van der Waals surface area contributed by atoms with Crippen LogP contribution in [0.3, 0.4) is 0 Å². The summed E-state index contributed by atoms with van der Waals surface area (Å²) in [6.45, 7) is 7.56. The van der Waals surface area contributed by atoms with Crippen molar-refractivity contribution in [3.05, 3.63) is 48.3 Å². The average Bonchev–Trinajstić information content (AvgIpc) is 2.45. The van der Waals surface area contributed by atoms with Crippen LogP contribution in [-0.2, 0) is 9.53 Å². The fourth-order valence-corrected chi connectivity index (χ4v) is 2.65. The van der Waals surface area contributed by atoms with E-state index in [2.05, 4.69) is 6.58 Å². The van der Waals surface area contributed by atoms with Gasteiger partial charge in [-0.3, -0.25) is 4.79 Å². The third-order valence-electron chi connectivity index (χ3n) is 3.76. The normalized spacial score (nSPS) is 14.9. The first kappa shape index (κ1) is 18.4. The Labute approximate surface area is 131 Å². The van der Waals surface area contributed by atoms with E-state index in [4.69, 9.17) is 4.74 Å².